The predicted octanol–water partition coefficient (Wildman–Crippen LogP) is 5.94. The number of hydrogen-bond donors (Lipinski definition) is 2. The van der Waals surface area contributed by atoms with E-state index in [1.54, 1.807) is 49.6 Å². The molecule has 0 aliphatic rings. The smallest absolute Gasteiger partial charge is 0.255 e. The van der Waals surface area contributed by atoms with Gasteiger partial charge in [-0.3, -0.25) is 9.59 Å². The van der Waals surface area contributed by atoms with Gasteiger partial charge in [-0.1, -0.05) is 66.7 Å². The van der Waals surface area contributed by atoms with E-state index in [0.717, 1.165) is 28.0 Å². The molecule has 0 spiro atoms. The highest BCUT2D eigenvalue weighted by atomic mass is 16.5. The highest BCUT2D eigenvalue weighted by Crippen LogP contribution is 2.20. The number of benzene rings is 4. The molecule has 0 aromatic heterocycles. The first-order valence-corrected chi connectivity index (χ1v) is 11.3. The minimum atomic E-state index is -0.202. The normalized spacial score (nSPS) is 10.7. The molecule has 0 aliphatic carbocycles. The Morgan fingerprint density at radius 3 is 2.09 bits per heavy atom. The lowest BCUT2D eigenvalue weighted by Gasteiger charge is -2.08. The molecule has 35 heavy (non-hydrogen) atoms. The van der Waals surface area contributed by atoms with E-state index in [1.807, 2.05) is 54.6 Å². The summed E-state index contributed by atoms with van der Waals surface area (Å²) in [6, 6.07) is 32.5. The topological polar surface area (TPSA) is 67.4 Å². The van der Waals surface area contributed by atoms with Crippen LogP contribution in [0.25, 0.3) is 17.2 Å². The molecule has 4 aromatic carbocycles. The van der Waals surface area contributed by atoms with Crippen molar-refractivity contribution in [2.24, 2.45) is 0 Å². The van der Waals surface area contributed by atoms with Gasteiger partial charge in [0.15, 0.2) is 0 Å². The number of nitrogens with one attached hydrogen (secondary N) is 2. The summed E-state index contributed by atoms with van der Waals surface area (Å²) in [6.45, 7) is 0.372. The number of amides is 2. The van der Waals surface area contributed by atoms with E-state index < -0.39 is 0 Å². The van der Waals surface area contributed by atoms with Crippen LogP contribution in [0, 0.1) is 0 Å². The van der Waals surface area contributed by atoms with Gasteiger partial charge in [-0.2, -0.15) is 0 Å². The lowest BCUT2D eigenvalue weighted by molar-refractivity contribution is -0.116. The molecule has 0 unspecified atom stereocenters. The lowest BCUT2D eigenvalue weighted by atomic mass is 10.0. The zero-order valence-corrected chi connectivity index (χ0v) is 19.4. The van der Waals surface area contributed by atoms with Crippen LogP contribution in [0.5, 0.6) is 5.75 Å². The summed E-state index contributed by atoms with van der Waals surface area (Å²) < 4.78 is 5.12. The van der Waals surface area contributed by atoms with Gasteiger partial charge in [-0.05, 0) is 64.7 Å². The fourth-order valence-corrected chi connectivity index (χ4v) is 3.49. The van der Waals surface area contributed by atoms with Crippen LogP contribution in [0.3, 0.4) is 0 Å². The lowest BCUT2D eigenvalue weighted by Crippen LogP contribution is -2.20. The molecule has 4 rings (SSSR count). The predicted molar refractivity (Wildman–Crippen MR) is 140 cm³/mol. The van der Waals surface area contributed by atoms with Crippen LogP contribution in [0.15, 0.2) is 109 Å². The maximum Gasteiger partial charge on any atom is 0.255 e. The van der Waals surface area contributed by atoms with Crippen LogP contribution in [-0.2, 0) is 11.3 Å². The molecule has 0 radical (unpaired) electrons. The summed E-state index contributed by atoms with van der Waals surface area (Å²) >= 11 is 0. The van der Waals surface area contributed by atoms with Gasteiger partial charge in [0.2, 0.25) is 5.91 Å². The molecule has 2 N–H and O–H groups in total. The quantitative estimate of drug-likeness (QED) is 0.318. The molecule has 0 aliphatic heterocycles. The van der Waals surface area contributed by atoms with Crippen molar-refractivity contribution in [1.82, 2.24) is 5.32 Å². The third-order valence-corrected chi connectivity index (χ3v) is 5.48. The number of carbonyl (C=O) groups excluding carboxylic acids is 2. The van der Waals surface area contributed by atoms with Gasteiger partial charge >= 0.3 is 0 Å². The molecular weight excluding hydrogens is 436 g/mol. The Bertz CT molecular complexity index is 1290. The molecule has 5 heteroatoms. The van der Waals surface area contributed by atoms with Gasteiger partial charge in [0, 0.05) is 23.9 Å². The van der Waals surface area contributed by atoms with E-state index >= 15 is 0 Å². The fraction of sp³-hybridized carbons (Fsp3) is 0.0667. The average molecular weight is 463 g/mol. The number of ether oxygens (including phenoxy) is 1. The number of anilines is 1. The van der Waals surface area contributed by atoms with Crippen LogP contribution in [0.1, 0.15) is 21.5 Å². The molecule has 5 nitrogen and oxygen atoms in total. The average Bonchev–Trinajstić information content (AvgIpc) is 2.92. The molecule has 0 atom stereocenters. The Morgan fingerprint density at radius 2 is 1.43 bits per heavy atom. The van der Waals surface area contributed by atoms with Crippen LogP contribution in [0.2, 0.25) is 0 Å². The van der Waals surface area contributed by atoms with Gasteiger partial charge in [0.05, 0.1) is 7.11 Å². The first-order valence-electron chi connectivity index (χ1n) is 11.3. The van der Waals surface area contributed by atoms with Crippen molar-refractivity contribution in [2.75, 3.05) is 12.4 Å². The van der Waals surface area contributed by atoms with E-state index in [4.69, 9.17) is 4.74 Å². The van der Waals surface area contributed by atoms with Gasteiger partial charge in [-0.15, -0.1) is 0 Å². The van der Waals surface area contributed by atoms with Crippen LogP contribution in [-0.4, -0.2) is 18.9 Å². The minimum Gasteiger partial charge on any atom is -0.497 e. The standard InChI is InChI=1S/C30H26N2O3/c1-35-28-18-16-27(17-19-28)32-30(34)26-14-9-23(10-15-26)21-31-29(33)20-11-22-7-12-25(13-8-22)24-5-3-2-4-6-24/h2-20H,21H2,1H3,(H,31,33)(H,32,34)/b20-11+. The van der Waals surface area contributed by atoms with Crippen molar-refractivity contribution in [3.8, 4) is 16.9 Å². The Balaban J connectivity index is 1.26. The second-order valence-electron chi connectivity index (χ2n) is 7.92. The first kappa shape index (κ1) is 23.5. The molecule has 0 heterocycles. The number of rotatable bonds is 8. The zero-order chi connectivity index (χ0) is 24.5. The first-order chi connectivity index (χ1) is 17.1. The second-order valence-corrected chi connectivity index (χ2v) is 7.92. The van der Waals surface area contributed by atoms with Crippen LogP contribution in [0.4, 0.5) is 5.69 Å². The Labute approximate surface area is 205 Å². The molecule has 0 saturated heterocycles. The molecule has 0 bridgehead atoms. The maximum atomic E-state index is 12.4. The zero-order valence-electron chi connectivity index (χ0n) is 19.4. The van der Waals surface area contributed by atoms with Crippen molar-refractivity contribution in [1.29, 1.82) is 0 Å². The van der Waals surface area contributed by atoms with E-state index in [0.29, 0.717) is 17.8 Å². The van der Waals surface area contributed by atoms with Crippen LogP contribution >= 0.6 is 0 Å². The summed E-state index contributed by atoms with van der Waals surface area (Å²) in [4.78, 5) is 24.7. The third-order valence-electron chi connectivity index (χ3n) is 5.48. The maximum absolute atomic E-state index is 12.4. The molecule has 2 amide bonds. The van der Waals surface area contributed by atoms with Crippen molar-refractivity contribution >= 4 is 23.6 Å². The van der Waals surface area contributed by atoms with E-state index in [1.165, 1.54) is 6.08 Å². The van der Waals surface area contributed by atoms with Crippen LogP contribution < -0.4 is 15.4 Å². The minimum absolute atomic E-state index is 0.182. The van der Waals surface area contributed by atoms with Gasteiger partial charge in [0.25, 0.3) is 5.91 Å². The van der Waals surface area contributed by atoms with E-state index in [2.05, 4.69) is 22.8 Å². The van der Waals surface area contributed by atoms with E-state index in [9.17, 15) is 9.59 Å². The van der Waals surface area contributed by atoms with E-state index in [-0.39, 0.29) is 11.8 Å². The van der Waals surface area contributed by atoms with Crippen molar-refractivity contribution in [3.63, 3.8) is 0 Å². The highest BCUT2D eigenvalue weighted by Gasteiger charge is 2.07. The fourth-order valence-electron chi connectivity index (χ4n) is 3.49. The number of hydrogen-bond acceptors (Lipinski definition) is 3. The molecule has 0 fully saturated rings. The summed E-state index contributed by atoms with van der Waals surface area (Å²) in [7, 11) is 1.60. The highest BCUT2D eigenvalue weighted by molar-refractivity contribution is 6.04. The van der Waals surface area contributed by atoms with Crippen molar-refractivity contribution in [3.05, 3.63) is 126 Å². The molecule has 4 aromatic rings. The monoisotopic (exact) mass is 462 g/mol. The Morgan fingerprint density at radius 1 is 0.771 bits per heavy atom. The summed E-state index contributed by atoms with van der Waals surface area (Å²) in [5.74, 6) is 0.343. The Hall–Kier alpha value is -4.64. The summed E-state index contributed by atoms with van der Waals surface area (Å²) in [6.07, 6.45) is 3.31. The summed E-state index contributed by atoms with van der Waals surface area (Å²) in [5.41, 5.74) is 5.37. The largest absolute Gasteiger partial charge is 0.497 e. The molecule has 174 valence electrons. The SMILES string of the molecule is COc1ccc(NC(=O)c2ccc(CNC(=O)/C=C/c3ccc(-c4ccccc4)cc3)cc2)cc1. The van der Waals surface area contributed by atoms with Gasteiger partial charge in [-0.25, -0.2) is 0 Å². The van der Waals surface area contributed by atoms with Gasteiger partial charge < -0.3 is 15.4 Å². The number of carbonyl (C=O) groups is 2. The van der Waals surface area contributed by atoms with Crippen molar-refractivity contribution < 1.29 is 14.3 Å². The van der Waals surface area contributed by atoms with Crippen molar-refractivity contribution in [2.45, 2.75) is 6.54 Å². The van der Waals surface area contributed by atoms with Gasteiger partial charge in [0.1, 0.15) is 5.75 Å². The third kappa shape index (κ3) is 6.68. The molecule has 0 saturated carbocycles. The molecular formula is C30H26N2O3. The number of methoxy groups -OCH3 is 1. The summed E-state index contributed by atoms with van der Waals surface area (Å²) in [5, 5.41) is 5.72. The second kappa shape index (κ2) is 11.5. The Kier molecular flexibility index (Phi) is 7.71.